The molecule has 0 saturated heterocycles. The van der Waals surface area contributed by atoms with Gasteiger partial charge in [-0.25, -0.2) is 4.79 Å². The maximum atomic E-state index is 12.8. The van der Waals surface area contributed by atoms with Crippen LogP contribution in [0.3, 0.4) is 0 Å². The molecule has 0 bridgehead atoms. The quantitative estimate of drug-likeness (QED) is 0.699. The molecule has 0 aliphatic heterocycles. The normalized spacial score (nSPS) is 12.5. The zero-order valence-corrected chi connectivity index (χ0v) is 14.4. The third-order valence-corrected chi connectivity index (χ3v) is 4.12. The molecule has 1 atom stereocenters. The van der Waals surface area contributed by atoms with Crippen molar-refractivity contribution in [3.63, 3.8) is 0 Å². The van der Waals surface area contributed by atoms with Crippen molar-refractivity contribution >= 4 is 22.8 Å². The SMILES string of the molecule is O=C(N[C@H](Cc1ccc2ccccc2n1)C(=O)O)c1cccc(C(F)(F)F)c1. The molecule has 3 rings (SSSR count). The highest BCUT2D eigenvalue weighted by atomic mass is 19.4. The Hall–Kier alpha value is -3.42. The summed E-state index contributed by atoms with van der Waals surface area (Å²) in [4.78, 5) is 28.2. The van der Waals surface area contributed by atoms with Gasteiger partial charge in [0.15, 0.2) is 0 Å². The number of carboxylic acid groups (broad SMARTS) is 1. The lowest BCUT2D eigenvalue weighted by Gasteiger charge is -2.15. The number of carbonyl (C=O) groups is 2. The molecule has 0 spiro atoms. The fourth-order valence-corrected chi connectivity index (χ4v) is 2.71. The van der Waals surface area contributed by atoms with E-state index in [1.165, 1.54) is 6.07 Å². The molecular formula is C20H15F3N2O3. The minimum atomic E-state index is -4.60. The molecule has 0 unspecified atom stereocenters. The second kappa shape index (κ2) is 7.67. The van der Waals surface area contributed by atoms with E-state index in [9.17, 15) is 27.9 Å². The molecular weight excluding hydrogens is 373 g/mol. The van der Waals surface area contributed by atoms with Gasteiger partial charge in [0.2, 0.25) is 0 Å². The van der Waals surface area contributed by atoms with Crippen LogP contribution in [0.25, 0.3) is 10.9 Å². The maximum absolute atomic E-state index is 12.8. The summed E-state index contributed by atoms with van der Waals surface area (Å²) in [5, 5.41) is 12.5. The topological polar surface area (TPSA) is 79.3 Å². The number of hydrogen-bond donors (Lipinski definition) is 2. The van der Waals surface area contributed by atoms with Crippen molar-refractivity contribution in [1.29, 1.82) is 0 Å². The molecule has 1 heterocycles. The summed E-state index contributed by atoms with van der Waals surface area (Å²) >= 11 is 0. The first-order chi connectivity index (χ1) is 13.2. The predicted octanol–water partition coefficient (Wildman–Crippen LogP) is 3.68. The van der Waals surface area contributed by atoms with Crippen LogP contribution in [0, 0.1) is 0 Å². The summed E-state index contributed by atoms with van der Waals surface area (Å²) in [6.07, 6.45) is -4.71. The number of hydrogen-bond acceptors (Lipinski definition) is 3. The molecule has 0 fully saturated rings. The van der Waals surface area contributed by atoms with Crippen molar-refractivity contribution in [2.75, 3.05) is 0 Å². The van der Waals surface area contributed by atoms with E-state index < -0.39 is 29.7 Å². The van der Waals surface area contributed by atoms with Crippen LogP contribution < -0.4 is 5.32 Å². The number of benzene rings is 2. The van der Waals surface area contributed by atoms with Crippen molar-refractivity contribution in [1.82, 2.24) is 10.3 Å². The van der Waals surface area contributed by atoms with Gasteiger partial charge in [0, 0.05) is 23.1 Å². The second-order valence-corrected chi connectivity index (χ2v) is 6.14. The Morgan fingerprint density at radius 3 is 2.50 bits per heavy atom. The van der Waals surface area contributed by atoms with Gasteiger partial charge < -0.3 is 10.4 Å². The van der Waals surface area contributed by atoms with Gasteiger partial charge >= 0.3 is 12.1 Å². The third kappa shape index (κ3) is 4.46. The number of pyridine rings is 1. The Bertz CT molecular complexity index is 1030. The maximum Gasteiger partial charge on any atom is 0.416 e. The average Bonchev–Trinajstić information content (AvgIpc) is 2.66. The van der Waals surface area contributed by atoms with Crippen LogP contribution in [0.4, 0.5) is 13.2 Å². The van der Waals surface area contributed by atoms with Gasteiger partial charge in [0.1, 0.15) is 6.04 Å². The fraction of sp³-hybridized carbons (Fsp3) is 0.150. The van der Waals surface area contributed by atoms with Gasteiger partial charge in [0.05, 0.1) is 11.1 Å². The van der Waals surface area contributed by atoms with Gasteiger partial charge in [-0.2, -0.15) is 13.2 Å². The molecule has 0 aliphatic carbocycles. The summed E-state index contributed by atoms with van der Waals surface area (Å²) in [5.41, 5.74) is -0.139. The Balaban J connectivity index is 1.79. The van der Waals surface area contributed by atoms with E-state index in [1.807, 2.05) is 12.1 Å². The molecule has 8 heteroatoms. The number of fused-ring (bicyclic) bond motifs is 1. The Morgan fingerprint density at radius 2 is 1.79 bits per heavy atom. The van der Waals surface area contributed by atoms with Crippen molar-refractivity contribution in [3.05, 3.63) is 77.5 Å². The number of aliphatic carboxylic acids is 1. The number of nitrogens with zero attached hydrogens (tertiary/aromatic N) is 1. The summed E-state index contributed by atoms with van der Waals surface area (Å²) in [5.74, 6) is -2.21. The van der Waals surface area contributed by atoms with Crippen molar-refractivity contribution in [2.45, 2.75) is 18.6 Å². The molecule has 0 radical (unpaired) electrons. The summed E-state index contributed by atoms with van der Waals surface area (Å²) in [6.45, 7) is 0. The van der Waals surface area contributed by atoms with Gasteiger partial charge in [-0.1, -0.05) is 30.3 Å². The van der Waals surface area contributed by atoms with Crippen molar-refractivity contribution in [2.24, 2.45) is 0 Å². The molecule has 2 N–H and O–H groups in total. The van der Waals surface area contributed by atoms with Crippen LogP contribution in [0.5, 0.6) is 0 Å². The minimum Gasteiger partial charge on any atom is -0.480 e. The molecule has 0 aliphatic rings. The number of para-hydroxylation sites is 1. The standard InChI is InChI=1S/C20H15F3N2O3/c21-20(22,23)14-6-3-5-13(10-14)18(26)25-17(19(27)28)11-15-9-8-12-4-1-2-7-16(12)24-15/h1-10,17H,11H2,(H,25,26)(H,27,28)/t17-/m1/s1. The third-order valence-electron chi connectivity index (χ3n) is 4.12. The smallest absolute Gasteiger partial charge is 0.416 e. The number of rotatable bonds is 5. The number of alkyl halides is 3. The van der Waals surface area contributed by atoms with Crippen LogP contribution in [-0.2, 0) is 17.4 Å². The lowest BCUT2D eigenvalue weighted by molar-refractivity contribution is -0.139. The molecule has 2 aromatic carbocycles. The van der Waals surface area contributed by atoms with Crippen LogP contribution in [0.2, 0.25) is 0 Å². The highest BCUT2D eigenvalue weighted by Gasteiger charge is 2.31. The lowest BCUT2D eigenvalue weighted by Crippen LogP contribution is -2.42. The largest absolute Gasteiger partial charge is 0.480 e. The van der Waals surface area contributed by atoms with Crippen LogP contribution in [-0.4, -0.2) is 28.0 Å². The molecule has 3 aromatic rings. The van der Waals surface area contributed by atoms with E-state index >= 15 is 0 Å². The van der Waals surface area contributed by atoms with Gasteiger partial charge in [-0.05, 0) is 30.3 Å². The van der Waals surface area contributed by atoms with Gasteiger partial charge in [-0.15, -0.1) is 0 Å². The van der Waals surface area contributed by atoms with Crippen molar-refractivity contribution in [3.8, 4) is 0 Å². The van der Waals surface area contributed by atoms with Crippen molar-refractivity contribution < 1.29 is 27.9 Å². The van der Waals surface area contributed by atoms with E-state index in [0.29, 0.717) is 17.3 Å². The molecule has 0 saturated carbocycles. The highest BCUT2D eigenvalue weighted by Crippen LogP contribution is 2.29. The van der Waals surface area contributed by atoms with Crippen LogP contribution in [0.1, 0.15) is 21.6 Å². The number of halogens is 3. The number of carboxylic acids is 1. The number of amides is 1. The van der Waals surface area contributed by atoms with Crippen LogP contribution >= 0.6 is 0 Å². The zero-order valence-electron chi connectivity index (χ0n) is 14.4. The Kier molecular flexibility index (Phi) is 5.30. The molecule has 5 nitrogen and oxygen atoms in total. The second-order valence-electron chi connectivity index (χ2n) is 6.14. The van der Waals surface area contributed by atoms with E-state index in [2.05, 4.69) is 10.3 Å². The average molecular weight is 388 g/mol. The van der Waals surface area contributed by atoms with Gasteiger partial charge in [-0.3, -0.25) is 9.78 Å². The summed E-state index contributed by atoms with van der Waals surface area (Å²) in [7, 11) is 0. The molecule has 1 amide bonds. The summed E-state index contributed by atoms with van der Waals surface area (Å²) < 4.78 is 38.4. The molecule has 28 heavy (non-hydrogen) atoms. The number of nitrogens with one attached hydrogen (secondary N) is 1. The van der Waals surface area contributed by atoms with E-state index in [1.54, 1.807) is 24.3 Å². The molecule has 144 valence electrons. The Labute approximate surface area is 157 Å². The monoisotopic (exact) mass is 388 g/mol. The highest BCUT2D eigenvalue weighted by molar-refractivity contribution is 5.96. The lowest BCUT2D eigenvalue weighted by atomic mass is 10.1. The number of aromatic nitrogens is 1. The van der Waals surface area contributed by atoms with E-state index in [4.69, 9.17) is 0 Å². The predicted molar refractivity (Wildman–Crippen MR) is 95.8 cm³/mol. The Morgan fingerprint density at radius 1 is 1.04 bits per heavy atom. The minimum absolute atomic E-state index is 0.106. The van der Waals surface area contributed by atoms with Gasteiger partial charge in [0.25, 0.3) is 5.91 Å². The number of carbonyl (C=O) groups excluding carboxylic acids is 1. The first-order valence-electron chi connectivity index (χ1n) is 8.29. The first-order valence-corrected chi connectivity index (χ1v) is 8.29. The fourth-order valence-electron chi connectivity index (χ4n) is 2.71. The van der Waals surface area contributed by atoms with E-state index in [0.717, 1.165) is 17.5 Å². The first kappa shape index (κ1) is 19.3. The van der Waals surface area contributed by atoms with Crippen LogP contribution in [0.15, 0.2) is 60.7 Å². The molecule has 1 aromatic heterocycles. The van der Waals surface area contributed by atoms with E-state index in [-0.39, 0.29) is 12.0 Å². The summed E-state index contributed by atoms with van der Waals surface area (Å²) in [6, 6.07) is 13.2. The zero-order chi connectivity index (χ0) is 20.3.